The van der Waals surface area contributed by atoms with Crippen molar-refractivity contribution in [3.8, 4) is 33.0 Å². The minimum atomic E-state index is -0.472. The zero-order valence-electron chi connectivity index (χ0n) is 54.4. The molecule has 0 N–H and O–H groups in total. The van der Waals surface area contributed by atoms with Crippen LogP contribution in [0.5, 0.6) is 0 Å². The summed E-state index contributed by atoms with van der Waals surface area (Å²) in [6, 6.07) is 71.3. The standard InChI is InChI=1S/C40H37N3O2S2.C25H17NOS2.C15H22N2O2/c1-4-6-13-28(5-2)26-42-39(44)34(27(3)35(25-41)40(42)45)22-33-23-37-38(46-33)24-36(47-37)29-18-20-32(21-19-29)43(30-14-9-7-10-15-30)31-16-11-8-12-17-31;27-17-22-15-24-25(28-22)16-23(29-24)18-11-13-21(14-12-18)26(19-7-3-1-4-8-19)20-9-5-2-6-10-20;1-4-6-7-12(5-2)10-17-14(18)8-11(3)13(9-16)15(17)19/h7-12,14-24,28H,4-6,13,26H2,1-3H3;1-17H;12H,4-8,10H2,1-3H3/b34-22-;;. The van der Waals surface area contributed by atoms with Crippen molar-refractivity contribution in [2.24, 2.45) is 11.8 Å². The Hall–Kier alpha value is -9.61. The highest BCUT2D eigenvalue weighted by Gasteiger charge is 2.37. The Balaban J connectivity index is 0.000000173. The number of nitrogens with zero attached hydrogens (tertiary/aromatic N) is 6. The third-order valence-corrected chi connectivity index (χ3v) is 21.8. The molecule has 6 aromatic carbocycles. The lowest BCUT2D eigenvalue weighted by Crippen LogP contribution is -2.45. The van der Waals surface area contributed by atoms with Gasteiger partial charge in [-0.1, -0.05) is 163 Å². The van der Waals surface area contributed by atoms with Crippen LogP contribution in [0.15, 0.2) is 222 Å². The molecule has 0 saturated heterocycles. The molecule has 2 aliphatic heterocycles. The molecule has 2 atom stereocenters. The highest BCUT2D eigenvalue weighted by atomic mass is 32.1. The van der Waals surface area contributed by atoms with Crippen LogP contribution in [0.1, 0.15) is 114 Å². The molecule has 2 unspecified atom stereocenters. The first-order chi connectivity index (χ1) is 46.3. The van der Waals surface area contributed by atoms with Gasteiger partial charge in [0.2, 0.25) is 5.91 Å². The third kappa shape index (κ3) is 16.1. The van der Waals surface area contributed by atoms with Crippen molar-refractivity contribution in [1.29, 1.82) is 10.5 Å². The van der Waals surface area contributed by atoms with Crippen molar-refractivity contribution in [2.75, 3.05) is 22.9 Å². The molecule has 2 aliphatic rings. The number of amides is 4. The number of carbonyl (C=O) groups excluding carboxylic acids is 5. The number of unbranched alkanes of at least 4 members (excludes halogenated alkanes) is 2. The van der Waals surface area contributed by atoms with Crippen LogP contribution in [0.4, 0.5) is 34.1 Å². The van der Waals surface area contributed by atoms with E-state index >= 15 is 0 Å². The van der Waals surface area contributed by atoms with Crippen LogP contribution in [-0.2, 0) is 19.2 Å². The quantitative estimate of drug-likeness (QED) is 0.0368. The normalized spacial score (nSPS) is 14.3. The molecular weight excluding hydrogens is 1250 g/mol. The lowest BCUT2D eigenvalue weighted by atomic mass is 9.92. The van der Waals surface area contributed by atoms with Crippen molar-refractivity contribution in [1.82, 2.24) is 9.80 Å². The smallest absolute Gasteiger partial charge is 0.271 e. The van der Waals surface area contributed by atoms with Crippen LogP contribution in [0, 0.1) is 34.5 Å². The highest BCUT2D eigenvalue weighted by molar-refractivity contribution is 7.30. The number of hydrogen-bond donors (Lipinski definition) is 0. The van der Waals surface area contributed by atoms with E-state index in [-0.39, 0.29) is 35.3 Å². The van der Waals surface area contributed by atoms with Gasteiger partial charge in [0.25, 0.3) is 17.7 Å². The van der Waals surface area contributed by atoms with Gasteiger partial charge in [0.15, 0.2) is 6.29 Å². The maximum atomic E-state index is 13.7. The molecule has 0 spiro atoms. The average Bonchev–Trinajstić information content (AvgIpc) is 1.78. The van der Waals surface area contributed by atoms with Gasteiger partial charge in [-0.2, -0.15) is 10.5 Å². The zero-order valence-corrected chi connectivity index (χ0v) is 57.7. The summed E-state index contributed by atoms with van der Waals surface area (Å²) in [7, 11) is 0. The van der Waals surface area contributed by atoms with E-state index in [9.17, 15) is 29.2 Å². The monoisotopic (exact) mass is 1330 g/mol. The van der Waals surface area contributed by atoms with Gasteiger partial charge in [-0.05, 0) is 164 Å². The second kappa shape index (κ2) is 32.5. The van der Waals surface area contributed by atoms with E-state index in [1.54, 1.807) is 59.2 Å². The SMILES string of the molecule is CCCCC(CC)CN1C(=O)C(C#N)=C(C)/C(=C/c2cc3sc(-c4ccc(N(c5ccccc5)c5ccccc5)cc4)cc3s2)C1=O.CCCCC(CC)CN1C(=O)CC(C)=C(C#N)C1=O.O=Cc1cc2sc(-c3ccc(N(c4ccccc4)c4ccccc4)cc3)cc2s1. The molecule has 0 bridgehead atoms. The third-order valence-electron chi connectivity index (χ3n) is 17.2. The van der Waals surface area contributed by atoms with Gasteiger partial charge < -0.3 is 9.80 Å². The van der Waals surface area contributed by atoms with E-state index < -0.39 is 11.8 Å². The van der Waals surface area contributed by atoms with E-state index in [0.29, 0.717) is 35.7 Å². The molecule has 4 aromatic heterocycles. The fraction of sp³-hybridized carbons (Fsp3) is 0.237. The van der Waals surface area contributed by atoms with Crippen LogP contribution in [-0.4, -0.2) is 52.8 Å². The summed E-state index contributed by atoms with van der Waals surface area (Å²) >= 11 is 6.62. The lowest BCUT2D eigenvalue weighted by molar-refractivity contribution is -0.144. The first-order valence-electron chi connectivity index (χ1n) is 32.4. The maximum absolute atomic E-state index is 13.7. The predicted molar refractivity (Wildman–Crippen MR) is 394 cm³/mol. The predicted octanol–water partition coefficient (Wildman–Crippen LogP) is 21.6. The van der Waals surface area contributed by atoms with Crippen molar-refractivity contribution >= 4 is 134 Å². The molecule has 12 rings (SSSR count). The molecule has 15 heteroatoms. The number of anilines is 6. The number of para-hydroxylation sites is 4. The number of hydrogen-bond acceptors (Lipinski definition) is 13. The number of nitriles is 2. The minimum absolute atomic E-state index is 0.0587. The van der Waals surface area contributed by atoms with Crippen LogP contribution < -0.4 is 9.80 Å². The summed E-state index contributed by atoms with van der Waals surface area (Å²) in [6.07, 6.45) is 11.1. The lowest BCUT2D eigenvalue weighted by Gasteiger charge is -2.30. The summed E-state index contributed by atoms with van der Waals surface area (Å²) < 4.78 is 4.62. The van der Waals surface area contributed by atoms with Gasteiger partial charge in [0.05, 0.1) is 4.88 Å². The number of thiophene rings is 4. The number of benzene rings is 6. The highest BCUT2D eigenvalue weighted by Crippen LogP contribution is 2.43. The van der Waals surface area contributed by atoms with Crippen LogP contribution in [0.3, 0.4) is 0 Å². The van der Waals surface area contributed by atoms with E-state index in [4.69, 9.17) is 5.26 Å². The van der Waals surface area contributed by atoms with Gasteiger partial charge in [0, 0.05) is 92.6 Å². The van der Waals surface area contributed by atoms with Gasteiger partial charge in [-0.3, -0.25) is 33.8 Å². The van der Waals surface area contributed by atoms with E-state index in [1.165, 1.54) is 34.5 Å². The largest absolute Gasteiger partial charge is 0.311 e. The average molecular weight is 1330 g/mol. The molecule has 6 heterocycles. The molecular formula is C80H76N6O5S4. The first-order valence-corrected chi connectivity index (χ1v) is 35.7. The Labute approximate surface area is 573 Å². The maximum Gasteiger partial charge on any atom is 0.271 e. The fourth-order valence-electron chi connectivity index (χ4n) is 11.8. The van der Waals surface area contributed by atoms with E-state index in [1.807, 2.05) is 42.5 Å². The van der Waals surface area contributed by atoms with Crippen LogP contribution in [0.2, 0.25) is 0 Å². The molecule has 0 fully saturated rings. The fourth-order valence-corrected chi connectivity index (χ4v) is 16.4. The number of carbonyl (C=O) groups is 5. The number of fused-ring (bicyclic) bond motifs is 2. The van der Waals surface area contributed by atoms with E-state index in [0.717, 1.165) is 116 Å². The molecule has 95 heavy (non-hydrogen) atoms. The molecule has 4 amide bonds. The summed E-state index contributed by atoms with van der Waals surface area (Å²) in [6.45, 7) is 12.6. The van der Waals surface area contributed by atoms with Gasteiger partial charge in [0.1, 0.15) is 23.3 Å². The molecule has 10 aromatic rings. The Morgan fingerprint density at radius 3 is 1.24 bits per heavy atom. The summed E-state index contributed by atoms with van der Waals surface area (Å²) in [5.41, 5.74) is 10.7. The molecule has 480 valence electrons. The van der Waals surface area contributed by atoms with Gasteiger partial charge >= 0.3 is 0 Å². The molecule has 11 nitrogen and oxygen atoms in total. The van der Waals surface area contributed by atoms with Crippen LogP contribution in [0.25, 0.3) is 45.8 Å². The number of imide groups is 2. The Morgan fingerprint density at radius 2 is 0.853 bits per heavy atom. The van der Waals surface area contributed by atoms with Crippen molar-refractivity contribution in [3.05, 3.63) is 232 Å². The minimum Gasteiger partial charge on any atom is -0.311 e. The van der Waals surface area contributed by atoms with Gasteiger partial charge in [-0.15, -0.1) is 45.3 Å². The molecule has 0 radical (unpaired) electrons. The van der Waals surface area contributed by atoms with E-state index in [2.05, 4.69) is 207 Å². The topological polar surface area (TPSA) is 146 Å². The summed E-state index contributed by atoms with van der Waals surface area (Å²) in [5.74, 6) is -0.796. The number of aldehydes is 1. The Morgan fingerprint density at radius 1 is 0.474 bits per heavy atom. The zero-order chi connectivity index (χ0) is 67.0. The second-order valence-electron chi connectivity index (χ2n) is 23.7. The molecule has 0 aliphatic carbocycles. The Kier molecular flexibility index (Phi) is 23.3. The van der Waals surface area contributed by atoms with Crippen LogP contribution >= 0.6 is 45.3 Å². The van der Waals surface area contributed by atoms with Crippen molar-refractivity contribution in [3.63, 3.8) is 0 Å². The molecule has 0 saturated carbocycles. The summed E-state index contributed by atoms with van der Waals surface area (Å²) in [4.78, 5) is 73.1. The van der Waals surface area contributed by atoms with Crippen molar-refractivity contribution in [2.45, 2.75) is 99.3 Å². The summed E-state index contributed by atoms with van der Waals surface area (Å²) in [5, 5.41) is 18.8. The van der Waals surface area contributed by atoms with Crippen molar-refractivity contribution < 1.29 is 24.0 Å². The number of rotatable bonds is 22. The first kappa shape index (κ1) is 68.3. The second-order valence-corrected chi connectivity index (χ2v) is 28.1. The van der Waals surface area contributed by atoms with Gasteiger partial charge in [-0.25, -0.2) is 0 Å². The Bertz CT molecular complexity index is 4370.